The summed E-state index contributed by atoms with van der Waals surface area (Å²) in [5.74, 6) is 0.926. The summed E-state index contributed by atoms with van der Waals surface area (Å²) in [5, 5.41) is 6.39. The number of rotatable bonds is 11. The molecule has 1 unspecified atom stereocenters. The highest BCUT2D eigenvalue weighted by Crippen LogP contribution is 2.09. The van der Waals surface area contributed by atoms with Crippen molar-refractivity contribution in [1.29, 1.82) is 0 Å². The molecule has 0 aliphatic rings. The zero-order chi connectivity index (χ0) is 15.6. The molecule has 3 nitrogen and oxygen atoms in total. The molecule has 0 saturated heterocycles. The molecule has 0 spiro atoms. The maximum atomic E-state index is 12.0. The maximum Gasteiger partial charge on any atom is 0.237 e. The van der Waals surface area contributed by atoms with Crippen molar-refractivity contribution < 1.29 is 4.79 Å². The SMILES string of the molecule is CCC(C)(C)NC(=O)C(C)NCCCCCCC(C)C. The number of hydrogen-bond donors (Lipinski definition) is 2. The van der Waals surface area contributed by atoms with E-state index in [0.717, 1.165) is 25.3 Å². The Morgan fingerprint density at radius 2 is 1.65 bits per heavy atom. The Morgan fingerprint density at radius 3 is 2.20 bits per heavy atom. The van der Waals surface area contributed by atoms with E-state index in [1.807, 2.05) is 6.92 Å². The topological polar surface area (TPSA) is 41.1 Å². The molecule has 0 aromatic heterocycles. The Labute approximate surface area is 126 Å². The summed E-state index contributed by atoms with van der Waals surface area (Å²) in [5.41, 5.74) is -0.107. The second-order valence-corrected chi connectivity index (χ2v) is 7.00. The van der Waals surface area contributed by atoms with E-state index in [9.17, 15) is 4.79 Å². The third kappa shape index (κ3) is 10.2. The molecule has 0 aromatic rings. The summed E-state index contributed by atoms with van der Waals surface area (Å²) in [6.07, 6.45) is 7.34. The standard InChI is InChI=1S/C17H36N2O/c1-7-17(5,6)19-16(20)15(4)18-13-11-9-8-10-12-14(2)3/h14-15,18H,7-13H2,1-6H3,(H,19,20). The van der Waals surface area contributed by atoms with Crippen molar-refractivity contribution in [1.82, 2.24) is 10.6 Å². The van der Waals surface area contributed by atoms with E-state index in [0.29, 0.717) is 0 Å². The van der Waals surface area contributed by atoms with Gasteiger partial charge in [-0.05, 0) is 46.1 Å². The number of carbonyl (C=O) groups excluding carboxylic acids is 1. The molecule has 0 aromatic carbocycles. The van der Waals surface area contributed by atoms with Crippen LogP contribution in [0.5, 0.6) is 0 Å². The molecule has 20 heavy (non-hydrogen) atoms. The molecule has 2 N–H and O–H groups in total. The van der Waals surface area contributed by atoms with E-state index >= 15 is 0 Å². The van der Waals surface area contributed by atoms with Crippen molar-refractivity contribution in [2.24, 2.45) is 5.92 Å². The first kappa shape index (κ1) is 19.4. The zero-order valence-corrected chi connectivity index (χ0v) is 14.5. The Bertz CT molecular complexity index is 262. The monoisotopic (exact) mass is 284 g/mol. The fourth-order valence-electron chi connectivity index (χ4n) is 1.97. The molecule has 0 heterocycles. The van der Waals surface area contributed by atoms with Crippen LogP contribution in [0.1, 0.15) is 80.1 Å². The van der Waals surface area contributed by atoms with Crippen molar-refractivity contribution in [2.75, 3.05) is 6.54 Å². The normalized spacial score (nSPS) is 13.6. The number of hydrogen-bond acceptors (Lipinski definition) is 2. The van der Waals surface area contributed by atoms with E-state index in [4.69, 9.17) is 0 Å². The van der Waals surface area contributed by atoms with Gasteiger partial charge in [-0.1, -0.05) is 46.5 Å². The first-order valence-corrected chi connectivity index (χ1v) is 8.34. The smallest absolute Gasteiger partial charge is 0.237 e. The third-order valence-electron chi connectivity index (χ3n) is 3.90. The molecular formula is C17H36N2O. The molecule has 0 radical (unpaired) electrons. The molecule has 0 bridgehead atoms. The predicted octanol–water partition coefficient (Wildman–Crippen LogP) is 3.88. The molecule has 0 saturated carbocycles. The van der Waals surface area contributed by atoms with Gasteiger partial charge in [0.1, 0.15) is 0 Å². The number of carbonyl (C=O) groups is 1. The minimum absolute atomic E-state index is 0.100. The molecular weight excluding hydrogens is 248 g/mol. The fourth-order valence-corrected chi connectivity index (χ4v) is 1.97. The lowest BCUT2D eigenvalue weighted by molar-refractivity contribution is -0.124. The van der Waals surface area contributed by atoms with E-state index < -0.39 is 0 Å². The Hall–Kier alpha value is -0.570. The number of amides is 1. The molecule has 120 valence electrons. The van der Waals surface area contributed by atoms with Crippen LogP contribution in [0.3, 0.4) is 0 Å². The van der Waals surface area contributed by atoms with Crippen LogP contribution < -0.4 is 10.6 Å². The van der Waals surface area contributed by atoms with Gasteiger partial charge in [-0.25, -0.2) is 0 Å². The molecule has 1 atom stereocenters. The van der Waals surface area contributed by atoms with Gasteiger partial charge in [0.15, 0.2) is 0 Å². The molecule has 0 rings (SSSR count). The molecule has 1 amide bonds. The second kappa shape index (κ2) is 10.2. The minimum atomic E-state index is -0.107. The van der Waals surface area contributed by atoms with Crippen molar-refractivity contribution >= 4 is 5.91 Å². The van der Waals surface area contributed by atoms with Gasteiger partial charge >= 0.3 is 0 Å². The van der Waals surface area contributed by atoms with E-state index in [2.05, 4.69) is 45.3 Å². The van der Waals surface area contributed by atoms with Crippen LogP contribution in [0.2, 0.25) is 0 Å². The van der Waals surface area contributed by atoms with Crippen LogP contribution >= 0.6 is 0 Å². The third-order valence-corrected chi connectivity index (χ3v) is 3.90. The molecule has 0 fully saturated rings. The van der Waals surface area contributed by atoms with Gasteiger partial charge in [-0.15, -0.1) is 0 Å². The largest absolute Gasteiger partial charge is 0.350 e. The summed E-state index contributed by atoms with van der Waals surface area (Å²) in [6.45, 7) is 13.6. The van der Waals surface area contributed by atoms with Gasteiger partial charge in [0.25, 0.3) is 0 Å². The lowest BCUT2D eigenvalue weighted by Crippen LogP contribution is -2.50. The average Bonchev–Trinajstić information content (AvgIpc) is 2.36. The van der Waals surface area contributed by atoms with E-state index in [1.165, 1.54) is 25.7 Å². The zero-order valence-electron chi connectivity index (χ0n) is 14.5. The van der Waals surface area contributed by atoms with Crippen LogP contribution in [0.4, 0.5) is 0 Å². The number of unbranched alkanes of at least 4 members (excludes halogenated alkanes) is 3. The van der Waals surface area contributed by atoms with Gasteiger partial charge in [-0.3, -0.25) is 4.79 Å². The highest BCUT2D eigenvalue weighted by atomic mass is 16.2. The lowest BCUT2D eigenvalue weighted by Gasteiger charge is -2.26. The summed E-state index contributed by atoms with van der Waals surface area (Å²) < 4.78 is 0. The molecule has 0 aliphatic heterocycles. The average molecular weight is 284 g/mol. The van der Waals surface area contributed by atoms with Crippen molar-refractivity contribution in [3.8, 4) is 0 Å². The van der Waals surface area contributed by atoms with Crippen LogP contribution in [0.25, 0.3) is 0 Å². The summed E-state index contributed by atoms with van der Waals surface area (Å²) in [6, 6.07) is -0.100. The molecule has 3 heteroatoms. The van der Waals surface area contributed by atoms with Crippen LogP contribution in [-0.2, 0) is 4.79 Å². The lowest BCUT2D eigenvalue weighted by atomic mass is 10.0. The van der Waals surface area contributed by atoms with Gasteiger partial charge < -0.3 is 10.6 Å². The van der Waals surface area contributed by atoms with Crippen molar-refractivity contribution in [2.45, 2.75) is 91.6 Å². The highest BCUT2D eigenvalue weighted by molar-refractivity contribution is 5.81. The van der Waals surface area contributed by atoms with Gasteiger partial charge in [-0.2, -0.15) is 0 Å². The Morgan fingerprint density at radius 1 is 1.05 bits per heavy atom. The Kier molecular flexibility index (Phi) is 9.91. The van der Waals surface area contributed by atoms with Crippen molar-refractivity contribution in [3.63, 3.8) is 0 Å². The second-order valence-electron chi connectivity index (χ2n) is 7.00. The maximum absolute atomic E-state index is 12.0. The van der Waals surface area contributed by atoms with Crippen molar-refractivity contribution in [3.05, 3.63) is 0 Å². The summed E-state index contributed by atoms with van der Waals surface area (Å²) in [7, 11) is 0. The van der Waals surface area contributed by atoms with E-state index in [-0.39, 0.29) is 17.5 Å². The van der Waals surface area contributed by atoms with Gasteiger partial charge in [0.05, 0.1) is 6.04 Å². The predicted molar refractivity (Wildman–Crippen MR) is 87.9 cm³/mol. The fraction of sp³-hybridized carbons (Fsp3) is 0.941. The number of nitrogens with one attached hydrogen (secondary N) is 2. The quantitative estimate of drug-likeness (QED) is 0.565. The molecule has 0 aliphatic carbocycles. The van der Waals surface area contributed by atoms with Gasteiger partial charge in [0.2, 0.25) is 5.91 Å². The highest BCUT2D eigenvalue weighted by Gasteiger charge is 2.21. The first-order chi connectivity index (χ1) is 9.28. The first-order valence-electron chi connectivity index (χ1n) is 8.34. The minimum Gasteiger partial charge on any atom is -0.350 e. The Balaban J connectivity index is 3.62. The van der Waals surface area contributed by atoms with Crippen LogP contribution in [0.15, 0.2) is 0 Å². The van der Waals surface area contributed by atoms with Crippen LogP contribution in [0, 0.1) is 5.92 Å². The van der Waals surface area contributed by atoms with E-state index in [1.54, 1.807) is 0 Å². The summed E-state index contributed by atoms with van der Waals surface area (Å²) in [4.78, 5) is 12.0. The van der Waals surface area contributed by atoms with Crippen LogP contribution in [-0.4, -0.2) is 24.0 Å². The summed E-state index contributed by atoms with van der Waals surface area (Å²) >= 11 is 0. The van der Waals surface area contributed by atoms with Gasteiger partial charge in [0, 0.05) is 5.54 Å².